The van der Waals surface area contributed by atoms with Crippen molar-refractivity contribution in [3.05, 3.63) is 66.7 Å². The molecule has 0 aliphatic heterocycles. The standard InChI is InChI=1S/C18H12N2O2/c21-15-11-10-12-6-4-5-9-14(12)16(15)18-20-19-17(22-18)13-7-2-1-3-8-13/h1-11,21H. The van der Waals surface area contributed by atoms with E-state index in [0.717, 1.165) is 16.3 Å². The van der Waals surface area contributed by atoms with Crippen LogP contribution in [0.1, 0.15) is 0 Å². The highest BCUT2D eigenvalue weighted by Gasteiger charge is 2.16. The third-order valence-electron chi connectivity index (χ3n) is 3.57. The van der Waals surface area contributed by atoms with Crippen molar-refractivity contribution < 1.29 is 9.52 Å². The van der Waals surface area contributed by atoms with Gasteiger partial charge in [0.1, 0.15) is 5.75 Å². The number of phenolic OH excluding ortho intramolecular Hbond substituents is 1. The summed E-state index contributed by atoms with van der Waals surface area (Å²) in [6.07, 6.45) is 0. The van der Waals surface area contributed by atoms with E-state index in [1.165, 1.54) is 0 Å². The lowest BCUT2D eigenvalue weighted by Gasteiger charge is -2.05. The number of aromatic hydroxyl groups is 1. The number of phenols is 1. The average molecular weight is 288 g/mol. The molecule has 3 aromatic carbocycles. The van der Waals surface area contributed by atoms with Crippen LogP contribution in [0.25, 0.3) is 33.7 Å². The Balaban J connectivity index is 1.90. The first kappa shape index (κ1) is 12.6. The fourth-order valence-electron chi connectivity index (χ4n) is 2.51. The van der Waals surface area contributed by atoms with E-state index >= 15 is 0 Å². The first-order chi connectivity index (χ1) is 10.8. The van der Waals surface area contributed by atoms with Gasteiger partial charge in [0.15, 0.2) is 0 Å². The predicted octanol–water partition coefficient (Wildman–Crippen LogP) is 4.26. The molecule has 0 saturated carbocycles. The summed E-state index contributed by atoms with van der Waals surface area (Å²) in [4.78, 5) is 0. The summed E-state index contributed by atoms with van der Waals surface area (Å²) in [6.45, 7) is 0. The Bertz CT molecular complexity index is 946. The van der Waals surface area contributed by atoms with Crippen LogP contribution < -0.4 is 0 Å². The highest BCUT2D eigenvalue weighted by Crippen LogP contribution is 2.36. The smallest absolute Gasteiger partial charge is 0.252 e. The zero-order chi connectivity index (χ0) is 14.9. The van der Waals surface area contributed by atoms with Gasteiger partial charge in [-0.2, -0.15) is 0 Å². The third kappa shape index (κ3) is 2.02. The zero-order valence-corrected chi connectivity index (χ0v) is 11.6. The second-order valence-electron chi connectivity index (χ2n) is 4.96. The SMILES string of the molecule is Oc1ccc2ccccc2c1-c1nnc(-c2ccccc2)o1. The van der Waals surface area contributed by atoms with Crippen LogP contribution in [0.4, 0.5) is 0 Å². The van der Waals surface area contributed by atoms with E-state index in [9.17, 15) is 5.11 Å². The summed E-state index contributed by atoms with van der Waals surface area (Å²) in [5.41, 5.74) is 1.41. The lowest BCUT2D eigenvalue weighted by atomic mass is 10.0. The largest absolute Gasteiger partial charge is 0.507 e. The van der Waals surface area contributed by atoms with E-state index in [0.29, 0.717) is 17.3 Å². The van der Waals surface area contributed by atoms with Gasteiger partial charge in [-0.05, 0) is 29.0 Å². The molecule has 4 aromatic rings. The molecule has 0 saturated heterocycles. The highest BCUT2D eigenvalue weighted by molar-refractivity contribution is 5.97. The minimum atomic E-state index is 0.127. The lowest BCUT2D eigenvalue weighted by molar-refractivity contribution is 0.474. The van der Waals surface area contributed by atoms with Crippen molar-refractivity contribution in [1.82, 2.24) is 10.2 Å². The van der Waals surface area contributed by atoms with Gasteiger partial charge in [0.25, 0.3) is 5.89 Å². The first-order valence-corrected chi connectivity index (χ1v) is 6.93. The molecular weight excluding hydrogens is 276 g/mol. The maximum Gasteiger partial charge on any atom is 0.252 e. The van der Waals surface area contributed by atoms with Gasteiger partial charge >= 0.3 is 0 Å². The van der Waals surface area contributed by atoms with E-state index in [2.05, 4.69) is 10.2 Å². The number of rotatable bonds is 2. The summed E-state index contributed by atoms with van der Waals surface area (Å²) in [5, 5.41) is 20.3. The summed E-state index contributed by atoms with van der Waals surface area (Å²) in [7, 11) is 0. The molecule has 0 bridgehead atoms. The van der Waals surface area contributed by atoms with Crippen LogP contribution in [-0.4, -0.2) is 15.3 Å². The molecule has 22 heavy (non-hydrogen) atoms. The van der Waals surface area contributed by atoms with Crippen LogP contribution in [0.2, 0.25) is 0 Å². The molecule has 4 nitrogen and oxygen atoms in total. The third-order valence-corrected chi connectivity index (χ3v) is 3.57. The molecule has 0 spiro atoms. The second kappa shape index (κ2) is 5.00. The van der Waals surface area contributed by atoms with Crippen molar-refractivity contribution in [2.45, 2.75) is 0 Å². The van der Waals surface area contributed by atoms with Crippen LogP contribution in [-0.2, 0) is 0 Å². The number of hydrogen-bond acceptors (Lipinski definition) is 4. The van der Waals surface area contributed by atoms with Crippen LogP contribution >= 0.6 is 0 Å². The Morgan fingerprint density at radius 2 is 1.45 bits per heavy atom. The topological polar surface area (TPSA) is 59.2 Å². The average Bonchev–Trinajstić information content (AvgIpc) is 3.05. The molecule has 0 aliphatic carbocycles. The number of benzene rings is 3. The minimum absolute atomic E-state index is 0.127. The van der Waals surface area contributed by atoms with Gasteiger partial charge in [-0.3, -0.25) is 0 Å². The van der Waals surface area contributed by atoms with Crippen LogP contribution in [0.3, 0.4) is 0 Å². The Morgan fingerprint density at radius 1 is 0.727 bits per heavy atom. The number of nitrogens with zero attached hydrogens (tertiary/aromatic N) is 2. The van der Waals surface area contributed by atoms with Gasteiger partial charge in [-0.25, -0.2) is 0 Å². The predicted molar refractivity (Wildman–Crippen MR) is 84.3 cm³/mol. The van der Waals surface area contributed by atoms with Crippen LogP contribution in [0, 0.1) is 0 Å². The Kier molecular flexibility index (Phi) is 2.86. The fourth-order valence-corrected chi connectivity index (χ4v) is 2.51. The van der Waals surface area contributed by atoms with Gasteiger partial charge < -0.3 is 9.52 Å². The van der Waals surface area contributed by atoms with E-state index in [-0.39, 0.29) is 5.75 Å². The van der Waals surface area contributed by atoms with Gasteiger partial charge in [-0.1, -0.05) is 48.5 Å². The molecular formula is C18H12N2O2. The molecule has 1 N–H and O–H groups in total. The normalized spacial score (nSPS) is 10.9. The maximum absolute atomic E-state index is 10.2. The molecule has 0 aliphatic rings. The van der Waals surface area contributed by atoms with Gasteiger partial charge in [0.05, 0.1) is 5.56 Å². The van der Waals surface area contributed by atoms with Gasteiger partial charge in [-0.15, -0.1) is 10.2 Å². The van der Waals surface area contributed by atoms with Crippen molar-refractivity contribution in [1.29, 1.82) is 0 Å². The summed E-state index contributed by atoms with van der Waals surface area (Å²) < 4.78 is 5.76. The minimum Gasteiger partial charge on any atom is -0.507 e. The molecule has 1 heterocycles. The second-order valence-corrected chi connectivity index (χ2v) is 4.96. The molecule has 106 valence electrons. The van der Waals surface area contributed by atoms with E-state index < -0.39 is 0 Å². The summed E-state index contributed by atoms with van der Waals surface area (Å²) >= 11 is 0. The van der Waals surface area contributed by atoms with Crippen LogP contribution in [0.5, 0.6) is 5.75 Å². The van der Waals surface area contributed by atoms with Crippen molar-refractivity contribution in [3.63, 3.8) is 0 Å². The number of aromatic nitrogens is 2. The fraction of sp³-hybridized carbons (Fsp3) is 0. The van der Waals surface area contributed by atoms with E-state index in [1.54, 1.807) is 6.07 Å². The summed E-state index contributed by atoms with van der Waals surface area (Å²) in [6, 6.07) is 20.8. The molecule has 0 fully saturated rings. The maximum atomic E-state index is 10.2. The molecule has 0 atom stereocenters. The monoisotopic (exact) mass is 288 g/mol. The highest BCUT2D eigenvalue weighted by atomic mass is 16.4. The molecule has 0 unspecified atom stereocenters. The van der Waals surface area contributed by atoms with Gasteiger partial charge in [0, 0.05) is 5.56 Å². The van der Waals surface area contributed by atoms with Crippen molar-refractivity contribution in [2.75, 3.05) is 0 Å². The number of hydrogen-bond donors (Lipinski definition) is 1. The van der Waals surface area contributed by atoms with Crippen molar-refractivity contribution in [3.8, 4) is 28.7 Å². The molecule has 0 radical (unpaired) electrons. The van der Waals surface area contributed by atoms with Crippen molar-refractivity contribution >= 4 is 10.8 Å². The molecule has 0 amide bonds. The van der Waals surface area contributed by atoms with Crippen molar-refractivity contribution in [2.24, 2.45) is 0 Å². The van der Waals surface area contributed by atoms with Crippen LogP contribution in [0.15, 0.2) is 71.1 Å². The Morgan fingerprint density at radius 3 is 2.32 bits per heavy atom. The first-order valence-electron chi connectivity index (χ1n) is 6.93. The molecule has 4 heteroatoms. The molecule has 1 aromatic heterocycles. The Hall–Kier alpha value is -3.14. The Labute approximate surface area is 126 Å². The van der Waals surface area contributed by atoms with Gasteiger partial charge in [0.2, 0.25) is 5.89 Å². The zero-order valence-electron chi connectivity index (χ0n) is 11.6. The quantitative estimate of drug-likeness (QED) is 0.598. The lowest BCUT2D eigenvalue weighted by Crippen LogP contribution is -1.83. The van der Waals surface area contributed by atoms with E-state index in [4.69, 9.17) is 4.42 Å². The summed E-state index contributed by atoms with van der Waals surface area (Å²) in [5.74, 6) is 0.873. The number of fused-ring (bicyclic) bond motifs is 1. The molecule has 4 rings (SSSR count). The van der Waals surface area contributed by atoms with E-state index in [1.807, 2.05) is 60.7 Å².